The quantitative estimate of drug-likeness (QED) is 0.577. The lowest BCUT2D eigenvalue weighted by molar-refractivity contribution is -0.140. The van der Waals surface area contributed by atoms with Gasteiger partial charge in [-0.05, 0) is 26.3 Å². The Kier molecular flexibility index (Phi) is 6.05. The second-order valence-electron chi connectivity index (χ2n) is 7.19. The van der Waals surface area contributed by atoms with Crippen LogP contribution in [0.3, 0.4) is 0 Å². The molecule has 6 nitrogen and oxygen atoms in total. The predicted octanol–water partition coefficient (Wildman–Crippen LogP) is 3.04. The van der Waals surface area contributed by atoms with Gasteiger partial charge in [0, 0.05) is 42.4 Å². The van der Waals surface area contributed by atoms with Crippen molar-refractivity contribution in [1.29, 1.82) is 0 Å². The Bertz CT molecular complexity index is 870. The molecule has 2 amide bonds. The van der Waals surface area contributed by atoms with E-state index in [1.165, 1.54) is 22.2 Å². The molecule has 0 saturated carbocycles. The number of thiophene rings is 1. The number of carbonyl (C=O) groups is 2. The maximum absolute atomic E-state index is 12.7. The molecule has 2 aromatic rings. The summed E-state index contributed by atoms with van der Waals surface area (Å²) in [7, 11) is 0. The Morgan fingerprint density at radius 2 is 1.70 bits per heavy atom. The van der Waals surface area contributed by atoms with Crippen LogP contribution >= 0.6 is 23.1 Å². The van der Waals surface area contributed by atoms with Crippen molar-refractivity contribution in [3.05, 3.63) is 16.3 Å². The molecule has 2 aromatic heterocycles. The number of aromatic nitrogens is 2. The molecule has 0 N–H and O–H groups in total. The van der Waals surface area contributed by atoms with Crippen molar-refractivity contribution in [3.8, 4) is 0 Å². The third-order valence-electron chi connectivity index (χ3n) is 4.88. The van der Waals surface area contributed by atoms with Crippen molar-refractivity contribution in [3.63, 3.8) is 0 Å². The van der Waals surface area contributed by atoms with Gasteiger partial charge in [-0.3, -0.25) is 9.59 Å². The Morgan fingerprint density at radius 1 is 1.07 bits per heavy atom. The average molecular weight is 407 g/mol. The lowest BCUT2D eigenvalue weighted by atomic mass is 10.1. The Hall–Kier alpha value is -1.67. The molecule has 0 unspecified atom stereocenters. The Balaban J connectivity index is 1.64. The fourth-order valence-corrected chi connectivity index (χ4v) is 5.35. The highest BCUT2D eigenvalue weighted by Crippen LogP contribution is 2.35. The number of fused-ring (bicyclic) bond motifs is 1. The van der Waals surface area contributed by atoms with Gasteiger partial charge >= 0.3 is 0 Å². The number of amides is 2. The first-order valence-electron chi connectivity index (χ1n) is 9.21. The maximum Gasteiger partial charge on any atom is 0.233 e. The Labute approximate surface area is 168 Å². The lowest BCUT2D eigenvalue weighted by Crippen LogP contribution is -2.51. The maximum atomic E-state index is 12.7. The summed E-state index contributed by atoms with van der Waals surface area (Å²) in [4.78, 5) is 39.8. The Morgan fingerprint density at radius 3 is 2.33 bits per heavy atom. The molecule has 3 rings (SSSR count). The molecule has 1 aliphatic heterocycles. The van der Waals surface area contributed by atoms with Gasteiger partial charge in [-0.2, -0.15) is 0 Å². The van der Waals surface area contributed by atoms with E-state index >= 15 is 0 Å². The molecule has 27 heavy (non-hydrogen) atoms. The van der Waals surface area contributed by atoms with Crippen molar-refractivity contribution >= 4 is 45.1 Å². The zero-order valence-electron chi connectivity index (χ0n) is 16.5. The minimum Gasteiger partial charge on any atom is -0.339 e. The number of nitrogens with zero attached hydrogens (tertiary/aromatic N) is 4. The van der Waals surface area contributed by atoms with Crippen molar-refractivity contribution in [1.82, 2.24) is 19.8 Å². The number of piperazine rings is 1. The molecule has 1 aliphatic rings. The monoisotopic (exact) mass is 406 g/mol. The molecule has 0 atom stereocenters. The largest absolute Gasteiger partial charge is 0.339 e. The summed E-state index contributed by atoms with van der Waals surface area (Å²) >= 11 is 3.17. The van der Waals surface area contributed by atoms with Crippen LogP contribution in [0, 0.1) is 26.7 Å². The summed E-state index contributed by atoms with van der Waals surface area (Å²) in [6.07, 6.45) is 0. The van der Waals surface area contributed by atoms with Crippen LogP contribution in [0.15, 0.2) is 5.03 Å². The van der Waals surface area contributed by atoms with E-state index < -0.39 is 0 Å². The molecule has 0 radical (unpaired) electrons. The van der Waals surface area contributed by atoms with Crippen LogP contribution in [-0.4, -0.2) is 63.5 Å². The van der Waals surface area contributed by atoms with E-state index in [0.717, 1.165) is 21.1 Å². The fourth-order valence-electron chi connectivity index (χ4n) is 3.18. The van der Waals surface area contributed by atoms with Gasteiger partial charge in [0.2, 0.25) is 11.8 Å². The van der Waals surface area contributed by atoms with Gasteiger partial charge < -0.3 is 9.80 Å². The summed E-state index contributed by atoms with van der Waals surface area (Å²) in [5.41, 5.74) is 1.20. The molecule has 1 saturated heterocycles. The predicted molar refractivity (Wildman–Crippen MR) is 110 cm³/mol. The summed E-state index contributed by atoms with van der Waals surface area (Å²) in [5.74, 6) is 1.37. The van der Waals surface area contributed by atoms with E-state index in [9.17, 15) is 9.59 Å². The van der Waals surface area contributed by atoms with Gasteiger partial charge in [0.15, 0.2) is 0 Å². The molecule has 3 heterocycles. The number of thioether (sulfide) groups is 1. The number of hydrogen-bond donors (Lipinski definition) is 0. The van der Waals surface area contributed by atoms with Crippen molar-refractivity contribution in [2.45, 2.75) is 39.6 Å². The number of aryl methyl sites for hydroxylation is 3. The first-order valence-corrected chi connectivity index (χ1v) is 11.0. The molecular formula is C19H26N4O2S2. The van der Waals surface area contributed by atoms with Crippen LogP contribution in [0.25, 0.3) is 10.2 Å². The fraction of sp³-hybridized carbons (Fsp3) is 0.579. The molecule has 8 heteroatoms. The summed E-state index contributed by atoms with van der Waals surface area (Å²) in [6, 6.07) is 0. The van der Waals surface area contributed by atoms with E-state index in [4.69, 9.17) is 0 Å². The number of rotatable bonds is 4. The summed E-state index contributed by atoms with van der Waals surface area (Å²) < 4.78 is 0. The zero-order valence-corrected chi connectivity index (χ0v) is 18.2. The van der Waals surface area contributed by atoms with Crippen LogP contribution in [0.5, 0.6) is 0 Å². The number of hydrogen-bond acceptors (Lipinski definition) is 6. The van der Waals surface area contributed by atoms with Crippen molar-refractivity contribution in [2.75, 3.05) is 31.9 Å². The highest BCUT2D eigenvalue weighted by atomic mass is 32.2. The lowest BCUT2D eigenvalue weighted by Gasteiger charge is -2.35. The second kappa shape index (κ2) is 8.14. The van der Waals surface area contributed by atoms with Crippen LogP contribution in [-0.2, 0) is 9.59 Å². The highest BCUT2D eigenvalue weighted by molar-refractivity contribution is 8.00. The molecule has 1 fully saturated rings. The first kappa shape index (κ1) is 20.1. The van der Waals surface area contributed by atoms with Crippen LogP contribution in [0.1, 0.15) is 30.1 Å². The second-order valence-corrected chi connectivity index (χ2v) is 9.36. The van der Waals surface area contributed by atoms with Gasteiger partial charge in [0.1, 0.15) is 15.7 Å². The minimum absolute atomic E-state index is 0.00327. The normalized spacial score (nSPS) is 15.0. The third kappa shape index (κ3) is 4.27. The van der Waals surface area contributed by atoms with Crippen molar-refractivity contribution in [2.24, 2.45) is 5.92 Å². The van der Waals surface area contributed by atoms with Crippen molar-refractivity contribution < 1.29 is 9.59 Å². The van der Waals surface area contributed by atoms with E-state index in [0.29, 0.717) is 31.9 Å². The van der Waals surface area contributed by atoms with Gasteiger partial charge in [-0.25, -0.2) is 9.97 Å². The zero-order chi connectivity index (χ0) is 19.7. The van der Waals surface area contributed by atoms with E-state index in [-0.39, 0.29) is 17.7 Å². The average Bonchev–Trinajstić information content (AvgIpc) is 2.92. The van der Waals surface area contributed by atoms with E-state index in [2.05, 4.69) is 23.8 Å². The van der Waals surface area contributed by atoms with Crippen LogP contribution in [0.2, 0.25) is 0 Å². The topological polar surface area (TPSA) is 66.4 Å². The van der Waals surface area contributed by atoms with Gasteiger partial charge in [0.25, 0.3) is 0 Å². The molecule has 0 bridgehead atoms. The first-order chi connectivity index (χ1) is 12.8. The van der Waals surface area contributed by atoms with E-state index in [1.54, 1.807) is 11.3 Å². The minimum atomic E-state index is 0.00327. The van der Waals surface area contributed by atoms with Gasteiger partial charge in [-0.15, -0.1) is 11.3 Å². The molecule has 0 aliphatic carbocycles. The van der Waals surface area contributed by atoms with Gasteiger partial charge in [-0.1, -0.05) is 25.6 Å². The van der Waals surface area contributed by atoms with Crippen LogP contribution in [0.4, 0.5) is 0 Å². The third-order valence-corrected chi connectivity index (χ3v) is 6.94. The standard InChI is InChI=1S/C19H26N4O2S2/c1-11(2)19(25)23-8-6-22(7-9-23)15(24)10-26-17-16-12(3)13(4)27-18(16)21-14(5)20-17/h11H,6-10H2,1-5H3. The highest BCUT2D eigenvalue weighted by Gasteiger charge is 2.25. The van der Waals surface area contributed by atoms with Gasteiger partial charge in [0.05, 0.1) is 5.75 Å². The number of carbonyl (C=O) groups excluding carboxylic acids is 2. The molecular weight excluding hydrogens is 380 g/mol. The molecule has 146 valence electrons. The summed E-state index contributed by atoms with van der Waals surface area (Å²) in [6.45, 7) is 12.3. The van der Waals surface area contributed by atoms with E-state index in [1.807, 2.05) is 30.6 Å². The SMILES string of the molecule is Cc1nc(SCC(=O)N2CCN(C(=O)C(C)C)CC2)c2c(C)c(C)sc2n1. The van der Waals surface area contributed by atoms with Crippen LogP contribution < -0.4 is 0 Å². The summed E-state index contributed by atoms with van der Waals surface area (Å²) in [5, 5.41) is 1.97. The molecule has 0 aromatic carbocycles. The molecule has 0 spiro atoms. The smallest absolute Gasteiger partial charge is 0.233 e.